The molecule has 1 aromatic rings. The lowest BCUT2D eigenvalue weighted by molar-refractivity contribution is 0.0530. The van der Waals surface area contributed by atoms with E-state index in [2.05, 4.69) is 20.9 Å². The normalized spacial score (nSPS) is 9.14. The van der Waals surface area contributed by atoms with Gasteiger partial charge in [0, 0.05) is 11.5 Å². The van der Waals surface area contributed by atoms with Crippen molar-refractivity contribution in [1.82, 2.24) is 4.98 Å². The van der Waals surface area contributed by atoms with Crippen LogP contribution in [0.3, 0.4) is 0 Å². The molecule has 0 amide bonds. The molecule has 0 bridgehead atoms. The third-order valence-corrected chi connectivity index (χ3v) is 1.77. The molecule has 1 rings (SSSR count). The maximum absolute atomic E-state index is 11.3. The van der Waals surface area contributed by atoms with Crippen LogP contribution >= 0.6 is 15.9 Å². The van der Waals surface area contributed by atoms with Crippen LogP contribution in [0.15, 0.2) is 18.3 Å². The van der Waals surface area contributed by atoms with Crippen molar-refractivity contribution in [2.75, 3.05) is 11.9 Å². The van der Waals surface area contributed by atoms with E-state index in [9.17, 15) is 4.79 Å². The second kappa shape index (κ2) is 5.35. The summed E-state index contributed by atoms with van der Waals surface area (Å²) in [6.07, 6.45) is 1.46. The lowest BCUT2D eigenvalue weighted by atomic mass is 10.2. The van der Waals surface area contributed by atoms with Crippen molar-refractivity contribution in [2.24, 2.45) is 0 Å². The van der Waals surface area contributed by atoms with E-state index in [0.717, 1.165) is 0 Å². The second-order valence-electron chi connectivity index (χ2n) is 2.34. The van der Waals surface area contributed by atoms with Crippen LogP contribution in [-0.4, -0.2) is 22.9 Å². The predicted molar refractivity (Wildman–Crippen MR) is 53.0 cm³/mol. The summed E-state index contributed by atoms with van der Waals surface area (Å²) in [5, 5.41) is 9.23. The van der Waals surface area contributed by atoms with Crippen LogP contribution in [0.4, 0.5) is 0 Å². The molecule has 1 aromatic heterocycles. The molecule has 0 unspecified atom stereocenters. The summed E-state index contributed by atoms with van der Waals surface area (Å²) in [5.74, 6) is -0.519. The van der Waals surface area contributed by atoms with Gasteiger partial charge in [-0.25, -0.2) is 9.78 Å². The molecule has 0 saturated carbocycles. The minimum Gasteiger partial charge on any atom is -0.461 e. The number of nitriles is 1. The number of halogens is 1. The molecule has 0 N–H and O–H groups in total. The molecule has 0 aromatic carbocycles. The molecule has 0 radical (unpaired) electrons. The Balaban J connectivity index is 2.85. The third-order valence-electron chi connectivity index (χ3n) is 1.44. The third kappa shape index (κ3) is 2.54. The van der Waals surface area contributed by atoms with Gasteiger partial charge in [0.2, 0.25) is 0 Å². The van der Waals surface area contributed by atoms with Crippen LogP contribution in [-0.2, 0) is 4.74 Å². The molecular formula is C9H7BrN2O2. The van der Waals surface area contributed by atoms with Gasteiger partial charge in [-0.1, -0.05) is 15.9 Å². The Bertz CT molecular complexity index is 373. The Morgan fingerprint density at radius 1 is 1.71 bits per heavy atom. The zero-order valence-electron chi connectivity index (χ0n) is 7.24. The minimum atomic E-state index is -0.519. The van der Waals surface area contributed by atoms with Gasteiger partial charge in [0.15, 0.2) is 5.69 Å². The molecule has 0 aliphatic rings. The van der Waals surface area contributed by atoms with Crippen molar-refractivity contribution in [3.8, 4) is 6.07 Å². The summed E-state index contributed by atoms with van der Waals surface area (Å²) in [6.45, 7) is 0.276. The minimum absolute atomic E-state index is 0.0899. The first-order valence-electron chi connectivity index (χ1n) is 3.87. The first kappa shape index (κ1) is 10.7. The number of rotatable bonds is 3. The van der Waals surface area contributed by atoms with E-state index >= 15 is 0 Å². The number of pyridine rings is 1. The molecule has 0 aliphatic heterocycles. The maximum atomic E-state index is 11.3. The number of aromatic nitrogens is 1. The summed E-state index contributed by atoms with van der Waals surface area (Å²) in [4.78, 5) is 15.1. The fourth-order valence-corrected chi connectivity index (χ4v) is 1.03. The Morgan fingerprint density at radius 2 is 2.50 bits per heavy atom. The molecule has 5 heteroatoms. The smallest absolute Gasteiger partial charge is 0.341 e. The van der Waals surface area contributed by atoms with E-state index in [1.807, 2.05) is 6.07 Å². The number of nitrogens with zero attached hydrogens (tertiary/aromatic N) is 2. The first-order valence-corrected chi connectivity index (χ1v) is 5.00. The molecule has 0 atom stereocenters. The Labute approximate surface area is 89.6 Å². The maximum Gasteiger partial charge on any atom is 0.341 e. The fourth-order valence-electron chi connectivity index (χ4n) is 0.868. The van der Waals surface area contributed by atoms with E-state index in [1.54, 1.807) is 6.07 Å². The summed E-state index contributed by atoms with van der Waals surface area (Å²) in [5.41, 5.74) is 0.294. The van der Waals surface area contributed by atoms with E-state index in [4.69, 9.17) is 10.00 Å². The summed E-state index contributed by atoms with van der Waals surface area (Å²) >= 11 is 3.13. The van der Waals surface area contributed by atoms with Gasteiger partial charge in [-0.2, -0.15) is 5.26 Å². The molecule has 0 aliphatic carbocycles. The monoisotopic (exact) mass is 254 g/mol. The number of carbonyl (C=O) groups is 1. The van der Waals surface area contributed by atoms with Crippen molar-refractivity contribution in [3.05, 3.63) is 29.6 Å². The van der Waals surface area contributed by atoms with Gasteiger partial charge in [0.05, 0.1) is 5.56 Å². The highest BCUT2D eigenvalue weighted by atomic mass is 79.9. The average Bonchev–Trinajstić information content (AvgIpc) is 2.25. The summed E-state index contributed by atoms with van der Waals surface area (Å²) < 4.78 is 4.84. The van der Waals surface area contributed by atoms with Crippen LogP contribution in [0.2, 0.25) is 0 Å². The van der Waals surface area contributed by atoms with Gasteiger partial charge in [-0.15, -0.1) is 0 Å². The van der Waals surface area contributed by atoms with E-state index in [1.165, 1.54) is 12.3 Å². The largest absolute Gasteiger partial charge is 0.461 e. The zero-order valence-corrected chi connectivity index (χ0v) is 8.82. The van der Waals surface area contributed by atoms with Gasteiger partial charge in [0.1, 0.15) is 12.7 Å². The van der Waals surface area contributed by atoms with E-state index < -0.39 is 5.97 Å². The van der Waals surface area contributed by atoms with Crippen LogP contribution in [0, 0.1) is 11.3 Å². The van der Waals surface area contributed by atoms with Crippen molar-refractivity contribution < 1.29 is 9.53 Å². The van der Waals surface area contributed by atoms with Gasteiger partial charge in [0.25, 0.3) is 0 Å². The van der Waals surface area contributed by atoms with Crippen LogP contribution < -0.4 is 0 Å². The van der Waals surface area contributed by atoms with Gasteiger partial charge in [-0.05, 0) is 12.1 Å². The van der Waals surface area contributed by atoms with Crippen molar-refractivity contribution >= 4 is 21.9 Å². The zero-order chi connectivity index (χ0) is 10.4. The molecule has 72 valence electrons. The summed E-state index contributed by atoms with van der Waals surface area (Å²) in [6, 6.07) is 4.93. The summed E-state index contributed by atoms with van der Waals surface area (Å²) in [7, 11) is 0. The number of carbonyl (C=O) groups excluding carboxylic acids is 1. The SMILES string of the molecule is N#Cc1ncccc1C(=O)OCCBr. The van der Waals surface area contributed by atoms with E-state index in [-0.39, 0.29) is 17.9 Å². The van der Waals surface area contributed by atoms with Crippen molar-refractivity contribution in [3.63, 3.8) is 0 Å². The number of hydrogen-bond acceptors (Lipinski definition) is 4. The number of esters is 1. The van der Waals surface area contributed by atoms with Crippen molar-refractivity contribution in [2.45, 2.75) is 0 Å². The fraction of sp³-hybridized carbons (Fsp3) is 0.222. The topological polar surface area (TPSA) is 63.0 Å². The highest BCUT2D eigenvalue weighted by Gasteiger charge is 2.12. The second-order valence-corrected chi connectivity index (χ2v) is 3.13. The average molecular weight is 255 g/mol. The molecule has 1 heterocycles. The van der Waals surface area contributed by atoms with Gasteiger partial charge < -0.3 is 4.74 Å². The van der Waals surface area contributed by atoms with Crippen LogP contribution in [0.5, 0.6) is 0 Å². The molecule has 0 fully saturated rings. The molecule has 14 heavy (non-hydrogen) atoms. The standard InChI is InChI=1S/C9H7BrN2O2/c10-3-5-14-9(13)7-2-1-4-12-8(7)6-11/h1-2,4H,3,5H2. The highest BCUT2D eigenvalue weighted by molar-refractivity contribution is 9.09. The Morgan fingerprint density at radius 3 is 3.14 bits per heavy atom. The lowest BCUT2D eigenvalue weighted by Gasteiger charge is -2.02. The highest BCUT2D eigenvalue weighted by Crippen LogP contribution is 2.05. The van der Waals surface area contributed by atoms with E-state index in [0.29, 0.717) is 5.33 Å². The Kier molecular flexibility index (Phi) is 4.08. The first-order chi connectivity index (χ1) is 6.79. The van der Waals surface area contributed by atoms with Gasteiger partial charge in [-0.3, -0.25) is 0 Å². The molecule has 4 nitrogen and oxygen atoms in total. The van der Waals surface area contributed by atoms with Crippen molar-refractivity contribution in [1.29, 1.82) is 5.26 Å². The van der Waals surface area contributed by atoms with Crippen LogP contribution in [0.25, 0.3) is 0 Å². The predicted octanol–water partition coefficient (Wildman–Crippen LogP) is 1.50. The Hall–Kier alpha value is -1.41. The number of ether oxygens (including phenoxy) is 1. The molecule has 0 spiro atoms. The van der Waals surface area contributed by atoms with Gasteiger partial charge >= 0.3 is 5.97 Å². The quantitative estimate of drug-likeness (QED) is 0.606. The number of hydrogen-bond donors (Lipinski definition) is 0. The lowest BCUT2D eigenvalue weighted by Crippen LogP contribution is -2.09. The van der Waals surface area contributed by atoms with Crippen LogP contribution in [0.1, 0.15) is 16.1 Å². The number of alkyl halides is 1. The molecular weight excluding hydrogens is 248 g/mol. The molecule has 0 saturated heterocycles.